The van der Waals surface area contributed by atoms with Crippen LogP contribution in [0.3, 0.4) is 0 Å². The van der Waals surface area contributed by atoms with Crippen molar-refractivity contribution in [2.45, 2.75) is 118 Å². The summed E-state index contributed by atoms with van der Waals surface area (Å²) in [5.41, 5.74) is 0. The fourth-order valence-corrected chi connectivity index (χ4v) is 3.90. The van der Waals surface area contributed by atoms with Crippen molar-refractivity contribution >= 4 is 0 Å². The second-order valence-corrected chi connectivity index (χ2v) is 8.49. The highest BCUT2D eigenvalue weighted by Gasteiger charge is 2.21. The zero-order valence-electron chi connectivity index (χ0n) is 18.0. The number of rotatable bonds is 18. The van der Waals surface area contributed by atoms with Crippen molar-refractivity contribution in [2.24, 2.45) is 5.92 Å². The maximum Gasteiger partial charge on any atom is 0.0786 e. The van der Waals surface area contributed by atoms with Gasteiger partial charge in [-0.1, -0.05) is 78.6 Å². The summed E-state index contributed by atoms with van der Waals surface area (Å²) in [6.45, 7) is 17.3. The minimum Gasteiger partial charge on any atom is -0.324 e. The molecule has 0 bridgehead atoms. The molecular weight excluding hydrogens is 290 g/mol. The zero-order valence-corrected chi connectivity index (χ0v) is 18.0. The maximum absolute atomic E-state index is 2.41. The molecule has 0 aromatic heterocycles. The van der Waals surface area contributed by atoms with Crippen molar-refractivity contribution < 1.29 is 4.48 Å². The second-order valence-electron chi connectivity index (χ2n) is 8.49. The predicted octanol–water partition coefficient (Wildman–Crippen LogP) is 7.59. The summed E-state index contributed by atoms with van der Waals surface area (Å²) in [5.74, 6) is 0.883. The molecule has 24 heavy (non-hydrogen) atoms. The van der Waals surface area contributed by atoms with Gasteiger partial charge in [-0.05, 0) is 45.4 Å². The molecule has 1 nitrogen and oxygen atoms in total. The number of unbranched alkanes of at least 4 members (excludes halogenated alkanes) is 10. The van der Waals surface area contributed by atoms with Crippen LogP contribution in [0.25, 0.3) is 0 Å². The highest BCUT2D eigenvalue weighted by molar-refractivity contribution is 4.51. The van der Waals surface area contributed by atoms with Crippen LogP contribution in [0.5, 0.6) is 0 Å². The number of hydrogen-bond donors (Lipinski definition) is 0. The van der Waals surface area contributed by atoms with E-state index in [-0.39, 0.29) is 0 Å². The van der Waals surface area contributed by atoms with E-state index in [0.717, 1.165) is 5.92 Å². The maximum atomic E-state index is 2.41. The summed E-state index contributed by atoms with van der Waals surface area (Å²) < 4.78 is 1.38. The fraction of sp³-hybridized carbons (Fsp3) is 1.00. The van der Waals surface area contributed by atoms with Crippen LogP contribution in [0, 0.1) is 5.92 Å². The first-order valence-corrected chi connectivity index (χ1v) is 11.4. The van der Waals surface area contributed by atoms with Gasteiger partial charge in [0.15, 0.2) is 0 Å². The lowest BCUT2D eigenvalue weighted by molar-refractivity contribution is -0.925. The normalized spacial score (nSPS) is 12.2. The largest absolute Gasteiger partial charge is 0.324 e. The Morgan fingerprint density at radius 1 is 0.542 bits per heavy atom. The lowest BCUT2D eigenvalue weighted by Crippen LogP contribution is -2.49. The van der Waals surface area contributed by atoms with Gasteiger partial charge in [-0.15, -0.1) is 0 Å². The molecule has 0 amide bonds. The molecule has 0 spiro atoms. The van der Waals surface area contributed by atoms with Gasteiger partial charge in [0.25, 0.3) is 0 Å². The Bertz CT molecular complexity index is 242. The molecule has 1 heteroatoms. The summed E-state index contributed by atoms with van der Waals surface area (Å²) in [7, 11) is 0. The molecule has 0 aliphatic carbocycles. The number of hydrogen-bond acceptors (Lipinski definition) is 0. The zero-order chi connectivity index (χ0) is 18.1. The van der Waals surface area contributed by atoms with Crippen molar-refractivity contribution in [2.75, 3.05) is 26.2 Å². The Hall–Kier alpha value is -0.0400. The summed E-state index contributed by atoms with van der Waals surface area (Å²) >= 11 is 0. The third kappa shape index (κ3) is 13.3. The van der Waals surface area contributed by atoms with Gasteiger partial charge in [0.05, 0.1) is 26.2 Å². The van der Waals surface area contributed by atoms with Gasteiger partial charge in [0, 0.05) is 0 Å². The lowest BCUT2D eigenvalue weighted by atomic mass is 10.0. The Balaban J connectivity index is 3.76. The molecule has 0 fully saturated rings. The average Bonchev–Trinajstić information content (AvgIpc) is 2.58. The van der Waals surface area contributed by atoms with Crippen LogP contribution in [0.1, 0.15) is 118 Å². The molecule has 0 atom stereocenters. The summed E-state index contributed by atoms with van der Waals surface area (Å²) in [6.07, 6.45) is 18.7. The van der Waals surface area contributed by atoms with Crippen molar-refractivity contribution in [3.8, 4) is 0 Å². The van der Waals surface area contributed by atoms with E-state index in [2.05, 4.69) is 34.6 Å². The van der Waals surface area contributed by atoms with E-state index in [9.17, 15) is 0 Å². The van der Waals surface area contributed by atoms with Crippen LogP contribution in [-0.2, 0) is 0 Å². The third-order valence-electron chi connectivity index (χ3n) is 5.99. The van der Waals surface area contributed by atoms with Crippen molar-refractivity contribution in [3.05, 3.63) is 0 Å². The van der Waals surface area contributed by atoms with E-state index in [0.29, 0.717) is 0 Å². The van der Waals surface area contributed by atoms with Gasteiger partial charge in [0.2, 0.25) is 0 Å². The summed E-state index contributed by atoms with van der Waals surface area (Å²) in [4.78, 5) is 0. The molecule has 0 aliphatic rings. The first-order chi connectivity index (χ1) is 11.6. The molecule has 146 valence electrons. The van der Waals surface area contributed by atoms with Crippen LogP contribution in [0.15, 0.2) is 0 Å². The molecule has 0 saturated heterocycles. The van der Waals surface area contributed by atoms with Gasteiger partial charge < -0.3 is 4.48 Å². The average molecular weight is 341 g/mol. The van der Waals surface area contributed by atoms with E-state index in [1.807, 2.05) is 0 Å². The van der Waals surface area contributed by atoms with Gasteiger partial charge >= 0.3 is 0 Å². The van der Waals surface area contributed by atoms with Crippen molar-refractivity contribution in [3.63, 3.8) is 0 Å². The molecule has 0 radical (unpaired) electrons. The molecule has 0 aromatic rings. The van der Waals surface area contributed by atoms with E-state index < -0.39 is 0 Å². The highest BCUT2D eigenvalue weighted by atomic mass is 15.3. The smallest absolute Gasteiger partial charge is 0.0786 e. The predicted molar refractivity (Wildman–Crippen MR) is 112 cm³/mol. The van der Waals surface area contributed by atoms with E-state index in [1.165, 1.54) is 114 Å². The topological polar surface area (TPSA) is 0 Å². The van der Waals surface area contributed by atoms with Crippen molar-refractivity contribution in [1.82, 2.24) is 0 Å². The van der Waals surface area contributed by atoms with Crippen LogP contribution in [0.4, 0.5) is 0 Å². The monoisotopic (exact) mass is 340 g/mol. The van der Waals surface area contributed by atoms with Gasteiger partial charge in [0.1, 0.15) is 0 Å². The molecule has 0 aliphatic heterocycles. The van der Waals surface area contributed by atoms with E-state index in [4.69, 9.17) is 0 Å². The quantitative estimate of drug-likeness (QED) is 0.178. The molecule has 0 aromatic carbocycles. The van der Waals surface area contributed by atoms with Crippen LogP contribution in [0.2, 0.25) is 0 Å². The molecule has 0 rings (SSSR count). The van der Waals surface area contributed by atoms with Gasteiger partial charge in [-0.3, -0.25) is 0 Å². The SMILES string of the molecule is CCCCCCCCCC[N+](CC)(CC)CCCCCCC(C)C. The Morgan fingerprint density at radius 2 is 0.958 bits per heavy atom. The molecule has 0 N–H and O–H groups in total. The van der Waals surface area contributed by atoms with Gasteiger partial charge in [-0.25, -0.2) is 0 Å². The Kier molecular flexibility index (Phi) is 16.4. The number of nitrogens with zero attached hydrogens (tertiary/aromatic N) is 1. The van der Waals surface area contributed by atoms with Crippen molar-refractivity contribution in [1.29, 1.82) is 0 Å². The van der Waals surface area contributed by atoms with E-state index in [1.54, 1.807) is 0 Å². The Labute approximate surface area is 155 Å². The third-order valence-corrected chi connectivity index (χ3v) is 5.99. The van der Waals surface area contributed by atoms with Crippen LogP contribution in [-0.4, -0.2) is 30.7 Å². The number of quaternary nitrogens is 1. The molecule has 0 saturated carbocycles. The summed E-state index contributed by atoms with van der Waals surface area (Å²) in [5, 5.41) is 0. The fourth-order valence-electron chi connectivity index (χ4n) is 3.90. The Morgan fingerprint density at radius 3 is 1.38 bits per heavy atom. The standard InChI is InChI=1S/C23H50N/c1-6-9-10-11-12-13-15-18-21-24(7-2,8-3)22-19-16-14-17-20-23(4)5/h23H,6-22H2,1-5H3/q+1. The molecular formula is C23H50N+. The lowest BCUT2D eigenvalue weighted by Gasteiger charge is -2.37. The highest BCUT2D eigenvalue weighted by Crippen LogP contribution is 2.16. The summed E-state index contributed by atoms with van der Waals surface area (Å²) in [6, 6.07) is 0. The van der Waals surface area contributed by atoms with E-state index >= 15 is 0 Å². The second kappa shape index (κ2) is 16.4. The molecule has 0 unspecified atom stereocenters. The van der Waals surface area contributed by atoms with Crippen LogP contribution >= 0.6 is 0 Å². The van der Waals surface area contributed by atoms with Gasteiger partial charge in [-0.2, -0.15) is 0 Å². The minimum atomic E-state index is 0.883. The van der Waals surface area contributed by atoms with Crippen LogP contribution < -0.4 is 0 Å². The molecule has 0 heterocycles. The first-order valence-electron chi connectivity index (χ1n) is 11.4. The first kappa shape index (κ1) is 24.0. The minimum absolute atomic E-state index is 0.883.